The van der Waals surface area contributed by atoms with Gasteiger partial charge in [0.15, 0.2) is 0 Å². The van der Waals surface area contributed by atoms with Crippen LogP contribution in [-0.4, -0.2) is 60.5 Å². The summed E-state index contributed by atoms with van der Waals surface area (Å²) in [4.78, 5) is 27.6. The van der Waals surface area contributed by atoms with Gasteiger partial charge in [0.1, 0.15) is 6.54 Å². The predicted molar refractivity (Wildman–Crippen MR) is 77.2 cm³/mol. The molecule has 2 fully saturated rings. The van der Waals surface area contributed by atoms with Gasteiger partial charge in [-0.3, -0.25) is 4.79 Å². The average molecular weight is 282 g/mol. The van der Waals surface area contributed by atoms with Crippen LogP contribution in [0.15, 0.2) is 0 Å². The molecule has 0 radical (unpaired) electrons. The number of hydrogen-bond donors (Lipinski definition) is 2. The number of piperidine rings is 1. The van der Waals surface area contributed by atoms with Gasteiger partial charge >= 0.3 is 6.03 Å². The highest BCUT2D eigenvalue weighted by Gasteiger charge is 2.30. The summed E-state index contributed by atoms with van der Waals surface area (Å²) in [6, 6.07) is 0.0754. The summed E-state index contributed by atoms with van der Waals surface area (Å²) in [7, 11) is 0. The molecule has 2 aliphatic heterocycles. The fraction of sp³-hybridized carbons (Fsp3) is 0.857. The van der Waals surface area contributed by atoms with E-state index in [-0.39, 0.29) is 18.6 Å². The number of hydrogen-bond acceptors (Lipinski definition) is 3. The topological polar surface area (TPSA) is 78.7 Å². The lowest BCUT2D eigenvalue weighted by Gasteiger charge is -2.37. The maximum absolute atomic E-state index is 12.7. The van der Waals surface area contributed by atoms with Crippen LogP contribution in [0.25, 0.3) is 0 Å². The van der Waals surface area contributed by atoms with E-state index in [1.165, 1.54) is 12.8 Å². The zero-order chi connectivity index (χ0) is 14.4. The molecule has 0 aromatic heterocycles. The number of nitrogens with two attached hydrogens (primary N) is 1. The van der Waals surface area contributed by atoms with Crippen LogP contribution in [0, 0.1) is 0 Å². The third kappa shape index (κ3) is 4.10. The largest absolute Gasteiger partial charge is 0.368 e. The number of carbonyl (C=O) groups is 2. The quantitative estimate of drug-likeness (QED) is 0.792. The van der Waals surface area contributed by atoms with Crippen molar-refractivity contribution in [2.24, 2.45) is 5.73 Å². The average Bonchev–Trinajstić information content (AvgIpc) is 2.74. The van der Waals surface area contributed by atoms with Crippen LogP contribution in [0.2, 0.25) is 0 Å². The minimum absolute atomic E-state index is 0.0144. The monoisotopic (exact) mass is 282 g/mol. The SMILES string of the molecule is NC(=O)CN(C(=O)N1CCCCCC1)C1CCCNC1. The molecule has 114 valence electrons. The first-order valence-electron chi connectivity index (χ1n) is 7.73. The third-order valence-electron chi connectivity index (χ3n) is 4.16. The highest BCUT2D eigenvalue weighted by atomic mass is 16.2. The van der Waals surface area contributed by atoms with Crippen LogP contribution in [0.1, 0.15) is 38.5 Å². The molecule has 3 amide bonds. The first-order chi connectivity index (χ1) is 9.68. The molecule has 2 aliphatic rings. The van der Waals surface area contributed by atoms with Gasteiger partial charge in [0.05, 0.1) is 0 Å². The molecule has 1 unspecified atom stereocenters. The first-order valence-corrected chi connectivity index (χ1v) is 7.73. The second-order valence-electron chi connectivity index (χ2n) is 5.78. The third-order valence-corrected chi connectivity index (χ3v) is 4.16. The second kappa shape index (κ2) is 7.47. The number of primary amides is 1. The van der Waals surface area contributed by atoms with Crippen molar-refractivity contribution in [2.75, 3.05) is 32.7 Å². The summed E-state index contributed by atoms with van der Waals surface area (Å²) >= 11 is 0. The molecule has 2 heterocycles. The highest BCUT2D eigenvalue weighted by molar-refractivity contribution is 5.83. The van der Waals surface area contributed by atoms with Crippen molar-refractivity contribution in [3.63, 3.8) is 0 Å². The number of amides is 3. The van der Waals surface area contributed by atoms with Gasteiger partial charge < -0.3 is 20.9 Å². The molecule has 6 nitrogen and oxygen atoms in total. The van der Waals surface area contributed by atoms with Crippen LogP contribution in [-0.2, 0) is 4.79 Å². The number of urea groups is 1. The molecule has 1 atom stereocenters. The lowest BCUT2D eigenvalue weighted by molar-refractivity contribution is -0.119. The molecular weight excluding hydrogens is 256 g/mol. The van der Waals surface area contributed by atoms with Gasteiger partial charge in [-0.2, -0.15) is 0 Å². The lowest BCUT2D eigenvalue weighted by Crippen LogP contribution is -2.55. The molecule has 0 aromatic carbocycles. The number of likely N-dealkylation sites (tertiary alicyclic amines) is 1. The Bertz CT molecular complexity index is 334. The Morgan fingerprint density at radius 2 is 1.85 bits per heavy atom. The van der Waals surface area contributed by atoms with Crippen LogP contribution < -0.4 is 11.1 Å². The lowest BCUT2D eigenvalue weighted by atomic mass is 10.1. The summed E-state index contributed by atoms with van der Waals surface area (Å²) in [5.74, 6) is -0.432. The van der Waals surface area contributed by atoms with Crippen LogP contribution in [0.4, 0.5) is 4.79 Å². The predicted octanol–water partition coefficient (Wildman–Crippen LogP) is 0.522. The molecule has 0 bridgehead atoms. The Labute approximate surface area is 120 Å². The van der Waals surface area contributed by atoms with E-state index in [9.17, 15) is 9.59 Å². The van der Waals surface area contributed by atoms with Crippen molar-refractivity contribution < 1.29 is 9.59 Å². The fourth-order valence-corrected chi connectivity index (χ4v) is 3.06. The number of nitrogens with zero attached hydrogens (tertiary/aromatic N) is 2. The summed E-state index contributed by atoms with van der Waals surface area (Å²) < 4.78 is 0. The van der Waals surface area contributed by atoms with Gasteiger partial charge in [0.25, 0.3) is 0 Å². The van der Waals surface area contributed by atoms with Gasteiger partial charge in [0.2, 0.25) is 5.91 Å². The molecule has 6 heteroatoms. The zero-order valence-corrected chi connectivity index (χ0v) is 12.1. The Kier molecular flexibility index (Phi) is 5.64. The molecule has 3 N–H and O–H groups in total. The van der Waals surface area contributed by atoms with E-state index in [0.29, 0.717) is 0 Å². The smallest absolute Gasteiger partial charge is 0.320 e. The van der Waals surface area contributed by atoms with Gasteiger partial charge in [-0.05, 0) is 32.2 Å². The van der Waals surface area contributed by atoms with E-state index in [4.69, 9.17) is 5.73 Å². The molecule has 0 aliphatic carbocycles. The Morgan fingerprint density at radius 1 is 1.15 bits per heavy atom. The normalized spacial score (nSPS) is 24.0. The molecule has 20 heavy (non-hydrogen) atoms. The molecular formula is C14H26N4O2. The van der Waals surface area contributed by atoms with Crippen molar-refractivity contribution in [2.45, 2.75) is 44.6 Å². The maximum Gasteiger partial charge on any atom is 0.320 e. The molecule has 2 rings (SSSR count). The highest BCUT2D eigenvalue weighted by Crippen LogP contribution is 2.16. The van der Waals surface area contributed by atoms with E-state index in [1.54, 1.807) is 4.90 Å². The van der Waals surface area contributed by atoms with Crippen molar-refractivity contribution in [3.8, 4) is 0 Å². The summed E-state index contributed by atoms with van der Waals surface area (Å²) in [5.41, 5.74) is 5.33. The molecule has 0 saturated carbocycles. The van der Waals surface area contributed by atoms with Crippen molar-refractivity contribution in [3.05, 3.63) is 0 Å². The Hall–Kier alpha value is -1.30. The van der Waals surface area contributed by atoms with Crippen LogP contribution >= 0.6 is 0 Å². The molecule has 0 aromatic rings. The summed E-state index contributed by atoms with van der Waals surface area (Å²) in [5, 5.41) is 3.29. The van der Waals surface area contributed by atoms with E-state index in [2.05, 4.69) is 5.32 Å². The van der Waals surface area contributed by atoms with Gasteiger partial charge in [0, 0.05) is 25.7 Å². The van der Waals surface area contributed by atoms with Gasteiger partial charge in [-0.1, -0.05) is 12.8 Å². The summed E-state index contributed by atoms with van der Waals surface area (Å²) in [6.45, 7) is 3.37. The van der Waals surface area contributed by atoms with Gasteiger partial charge in [-0.25, -0.2) is 4.79 Å². The number of rotatable bonds is 3. The number of nitrogens with one attached hydrogen (secondary N) is 1. The van der Waals surface area contributed by atoms with Crippen LogP contribution in [0.3, 0.4) is 0 Å². The van der Waals surface area contributed by atoms with Crippen molar-refractivity contribution in [1.29, 1.82) is 0 Å². The summed E-state index contributed by atoms with van der Waals surface area (Å²) in [6.07, 6.45) is 6.46. The Balaban J connectivity index is 2.03. The first kappa shape index (κ1) is 15.1. The van der Waals surface area contributed by atoms with E-state index >= 15 is 0 Å². The number of carbonyl (C=O) groups excluding carboxylic acids is 2. The molecule has 0 spiro atoms. The van der Waals surface area contributed by atoms with Crippen molar-refractivity contribution >= 4 is 11.9 Å². The van der Waals surface area contributed by atoms with E-state index in [0.717, 1.165) is 51.9 Å². The minimum atomic E-state index is -0.432. The fourth-order valence-electron chi connectivity index (χ4n) is 3.06. The Morgan fingerprint density at radius 3 is 2.40 bits per heavy atom. The maximum atomic E-state index is 12.7. The zero-order valence-electron chi connectivity index (χ0n) is 12.1. The second-order valence-corrected chi connectivity index (χ2v) is 5.78. The van der Waals surface area contributed by atoms with Gasteiger partial charge in [-0.15, -0.1) is 0 Å². The van der Waals surface area contributed by atoms with Crippen LogP contribution in [0.5, 0.6) is 0 Å². The standard InChI is InChI=1S/C14H26N4O2/c15-13(19)11-18(12-6-5-7-16-10-12)14(20)17-8-3-1-2-4-9-17/h12,16H,1-11H2,(H2,15,19). The van der Waals surface area contributed by atoms with E-state index in [1.807, 2.05) is 4.90 Å². The van der Waals surface area contributed by atoms with E-state index < -0.39 is 5.91 Å². The minimum Gasteiger partial charge on any atom is -0.368 e. The molecule has 2 saturated heterocycles. The van der Waals surface area contributed by atoms with Crippen molar-refractivity contribution in [1.82, 2.24) is 15.1 Å².